The molecule has 0 aliphatic carbocycles. The fourth-order valence-electron chi connectivity index (χ4n) is 3.17. The highest BCUT2D eigenvalue weighted by Gasteiger charge is 2.27. The van der Waals surface area contributed by atoms with E-state index in [0.29, 0.717) is 19.6 Å². The lowest BCUT2D eigenvalue weighted by atomic mass is 9.98. The molecule has 1 fully saturated rings. The number of alkyl halides is 2. The molecule has 0 spiro atoms. The van der Waals surface area contributed by atoms with Crippen LogP contribution in [0.1, 0.15) is 33.6 Å². The van der Waals surface area contributed by atoms with Gasteiger partial charge in [-0.15, -0.1) is 0 Å². The van der Waals surface area contributed by atoms with E-state index in [1.54, 1.807) is 32.7 Å². The fraction of sp³-hybridized carbons (Fsp3) is 0.600. The summed E-state index contributed by atoms with van der Waals surface area (Å²) < 4.78 is 47.6. The smallest absolute Gasteiger partial charge is 0.410 e. The van der Waals surface area contributed by atoms with Crippen LogP contribution in [0.3, 0.4) is 0 Å². The number of hydrogen-bond donors (Lipinski definition) is 1. The summed E-state index contributed by atoms with van der Waals surface area (Å²) in [5, 5.41) is 2.56. The maximum atomic E-state index is 13.8. The van der Waals surface area contributed by atoms with Crippen molar-refractivity contribution in [2.24, 2.45) is 5.92 Å². The van der Waals surface area contributed by atoms with Gasteiger partial charge in [-0.05, 0) is 51.7 Å². The molecule has 1 aromatic carbocycles. The molecule has 3 amide bonds. The maximum absolute atomic E-state index is 13.8. The maximum Gasteiger partial charge on any atom is 0.410 e. The predicted molar refractivity (Wildman–Crippen MR) is 105 cm³/mol. The third-order valence-corrected chi connectivity index (χ3v) is 4.44. The SMILES string of the molecule is CN(CC1CCCN(C(=O)Nc2ccc(OC(F)F)c(F)c2)C1)C(=O)OC(C)(C)C. The predicted octanol–water partition coefficient (Wildman–Crippen LogP) is 4.54. The number of nitrogens with one attached hydrogen (secondary N) is 1. The van der Waals surface area contributed by atoms with Crippen LogP contribution in [0.2, 0.25) is 0 Å². The first-order valence-electron chi connectivity index (χ1n) is 9.69. The van der Waals surface area contributed by atoms with E-state index >= 15 is 0 Å². The molecule has 30 heavy (non-hydrogen) atoms. The lowest BCUT2D eigenvalue weighted by Crippen LogP contribution is -2.46. The number of hydrogen-bond acceptors (Lipinski definition) is 4. The zero-order valence-corrected chi connectivity index (χ0v) is 17.6. The van der Waals surface area contributed by atoms with Gasteiger partial charge in [0.25, 0.3) is 0 Å². The average Bonchev–Trinajstić information content (AvgIpc) is 2.62. The zero-order chi connectivity index (χ0) is 22.5. The number of piperidine rings is 1. The molecule has 1 N–H and O–H groups in total. The van der Waals surface area contributed by atoms with Crippen LogP contribution < -0.4 is 10.1 Å². The normalized spacial score (nSPS) is 16.9. The van der Waals surface area contributed by atoms with Crippen molar-refractivity contribution in [1.29, 1.82) is 0 Å². The molecule has 0 saturated carbocycles. The van der Waals surface area contributed by atoms with Crippen molar-refractivity contribution >= 4 is 17.8 Å². The first kappa shape index (κ1) is 23.6. The Hall–Kier alpha value is -2.65. The highest BCUT2D eigenvalue weighted by Crippen LogP contribution is 2.24. The van der Waals surface area contributed by atoms with Crippen LogP contribution in [-0.4, -0.2) is 60.8 Å². The van der Waals surface area contributed by atoms with Crippen molar-refractivity contribution < 1.29 is 32.2 Å². The Balaban J connectivity index is 1.91. The van der Waals surface area contributed by atoms with Gasteiger partial charge in [0.1, 0.15) is 5.60 Å². The van der Waals surface area contributed by atoms with E-state index in [1.165, 1.54) is 11.0 Å². The van der Waals surface area contributed by atoms with Gasteiger partial charge in [0.05, 0.1) is 0 Å². The molecule has 7 nitrogen and oxygen atoms in total. The molecule has 1 aliphatic heterocycles. The van der Waals surface area contributed by atoms with Crippen molar-refractivity contribution in [3.63, 3.8) is 0 Å². The monoisotopic (exact) mass is 431 g/mol. The number of urea groups is 1. The van der Waals surface area contributed by atoms with Gasteiger partial charge in [-0.2, -0.15) is 8.78 Å². The number of halogens is 3. The van der Waals surface area contributed by atoms with Gasteiger partial charge >= 0.3 is 18.7 Å². The number of carbonyl (C=O) groups excluding carboxylic acids is 2. The Morgan fingerprint density at radius 3 is 2.63 bits per heavy atom. The summed E-state index contributed by atoms with van der Waals surface area (Å²) in [4.78, 5) is 27.7. The first-order chi connectivity index (χ1) is 13.9. The van der Waals surface area contributed by atoms with Crippen molar-refractivity contribution in [3.8, 4) is 5.75 Å². The molecule has 0 bridgehead atoms. The summed E-state index contributed by atoms with van der Waals surface area (Å²) in [6, 6.07) is 2.82. The lowest BCUT2D eigenvalue weighted by Gasteiger charge is -2.35. The topological polar surface area (TPSA) is 71.1 Å². The summed E-state index contributed by atoms with van der Waals surface area (Å²) in [6.07, 6.45) is 1.19. The minimum absolute atomic E-state index is 0.0700. The molecule has 1 aromatic rings. The van der Waals surface area contributed by atoms with Crippen LogP contribution in [0.4, 0.5) is 28.4 Å². The highest BCUT2D eigenvalue weighted by molar-refractivity contribution is 5.89. The van der Waals surface area contributed by atoms with Crippen molar-refractivity contribution in [2.75, 3.05) is 32.0 Å². The number of rotatable bonds is 5. The van der Waals surface area contributed by atoms with Gasteiger partial charge in [-0.1, -0.05) is 0 Å². The molecule has 1 unspecified atom stereocenters. The largest absolute Gasteiger partial charge is 0.444 e. The van der Waals surface area contributed by atoms with Crippen molar-refractivity contribution in [2.45, 2.75) is 45.8 Å². The van der Waals surface area contributed by atoms with Crippen LogP contribution in [0.25, 0.3) is 0 Å². The van der Waals surface area contributed by atoms with Crippen LogP contribution >= 0.6 is 0 Å². The summed E-state index contributed by atoms with van der Waals surface area (Å²) in [5.74, 6) is -1.52. The summed E-state index contributed by atoms with van der Waals surface area (Å²) in [6.45, 7) is 3.62. The van der Waals surface area contributed by atoms with Gasteiger partial charge in [0, 0.05) is 38.4 Å². The minimum Gasteiger partial charge on any atom is -0.444 e. The number of ether oxygens (including phenoxy) is 2. The number of carbonyl (C=O) groups is 2. The Kier molecular flexibility index (Phi) is 7.80. The van der Waals surface area contributed by atoms with Gasteiger partial charge in [0.2, 0.25) is 0 Å². The number of amides is 3. The van der Waals surface area contributed by atoms with Gasteiger partial charge < -0.3 is 24.6 Å². The molecule has 0 radical (unpaired) electrons. The van der Waals surface area contributed by atoms with Crippen LogP contribution in [0.5, 0.6) is 5.75 Å². The molecular weight excluding hydrogens is 403 g/mol. The number of likely N-dealkylation sites (tertiary alicyclic amines) is 1. The van der Waals surface area contributed by atoms with Crippen LogP contribution in [0, 0.1) is 11.7 Å². The van der Waals surface area contributed by atoms with E-state index < -0.39 is 35.9 Å². The second-order valence-corrected chi connectivity index (χ2v) is 8.27. The highest BCUT2D eigenvalue weighted by atomic mass is 19.3. The zero-order valence-electron chi connectivity index (χ0n) is 17.6. The molecule has 168 valence electrons. The fourth-order valence-corrected chi connectivity index (χ4v) is 3.17. The van der Waals surface area contributed by atoms with E-state index in [2.05, 4.69) is 10.1 Å². The van der Waals surface area contributed by atoms with E-state index in [-0.39, 0.29) is 11.6 Å². The Labute approximate surface area is 174 Å². The lowest BCUT2D eigenvalue weighted by molar-refractivity contribution is -0.0521. The van der Waals surface area contributed by atoms with E-state index in [4.69, 9.17) is 4.74 Å². The van der Waals surface area contributed by atoms with Crippen molar-refractivity contribution in [1.82, 2.24) is 9.80 Å². The minimum atomic E-state index is -3.14. The molecule has 1 heterocycles. The van der Waals surface area contributed by atoms with Crippen LogP contribution in [-0.2, 0) is 4.74 Å². The average molecular weight is 431 g/mol. The molecule has 1 atom stereocenters. The number of nitrogens with zero attached hydrogens (tertiary/aromatic N) is 2. The van der Waals surface area contributed by atoms with Gasteiger partial charge in [-0.3, -0.25) is 0 Å². The molecular formula is C20H28F3N3O4. The van der Waals surface area contributed by atoms with Gasteiger partial charge in [-0.25, -0.2) is 14.0 Å². The van der Waals surface area contributed by atoms with E-state index in [1.807, 2.05) is 0 Å². The quantitative estimate of drug-likeness (QED) is 0.743. The Morgan fingerprint density at radius 2 is 2.03 bits per heavy atom. The standard InChI is InChI=1S/C20H28F3N3O4/c1-20(2,3)30-19(28)25(4)11-13-6-5-9-26(12-13)18(27)24-14-7-8-16(15(21)10-14)29-17(22)23/h7-8,10,13,17H,5-6,9,11-12H2,1-4H3,(H,24,27). The number of anilines is 1. The Bertz CT molecular complexity index is 755. The van der Waals surface area contributed by atoms with Crippen LogP contribution in [0.15, 0.2) is 18.2 Å². The second-order valence-electron chi connectivity index (χ2n) is 8.27. The summed E-state index contributed by atoms with van der Waals surface area (Å²) in [7, 11) is 1.65. The molecule has 0 aromatic heterocycles. The second kappa shape index (κ2) is 9.90. The van der Waals surface area contributed by atoms with Gasteiger partial charge in [0.15, 0.2) is 11.6 Å². The van der Waals surface area contributed by atoms with Crippen molar-refractivity contribution in [3.05, 3.63) is 24.0 Å². The third-order valence-electron chi connectivity index (χ3n) is 4.44. The molecule has 1 saturated heterocycles. The Morgan fingerprint density at radius 1 is 1.33 bits per heavy atom. The molecule has 1 aliphatic rings. The summed E-state index contributed by atoms with van der Waals surface area (Å²) in [5.41, 5.74) is -0.457. The molecule has 2 rings (SSSR count). The third kappa shape index (κ3) is 7.31. The number of benzene rings is 1. The molecule has 10 heteroatoms. The first-order valence-corrected chi connectivity index (χ1v) is 9.69. The van der Waals surface area contributed by atoms with E-state index in [0.717, 1.165) is 25.0 Å². The summed E-state index contributed by atoms with van der Waals surface area (Å²) >= 11 is 0. The van der Waals surface area contributed by atoms with E-state index in [9.17, 15) is 22.8 Å².